The highest BCUT2D eigenvalue weighted by Crippen LogP contribution is 2.00. The van der Waals surface area contributed by atoms with Crippen LogP contribution >= 0.6 is 0 Å². The largest absolute Gasteiger partial charge is 0.478 e. The van der Waals surface area contributed by atoms with E-state index in [1.807, 2.05) is 0 Å². The maximum Gasteiger partial charge on any atom is 0.337 e. The van der Waals surface area contributed by atoms with Gasteiger partial charge in [-0.2, -0.15) is 0 Å². The smallest absolute Gasteiger partial charge is 0.337 e. The van der Waals surface area contributed by atoms with Gasteiger partial charge in [0.2, 0.25) is 5.91 Å². The predicted octanol–water partition coefficient (Wildman–Crippen LogP) is 0.525. The number of nitrogens with one attached hydrogen (secondary N) is 1. The minimum Gasteiger partial charge on any atom is -0.478 e. The number of hydrogen-bond donors (Lipinski definition) is 3. The lowest BCUT2D eigenvalue weighted by Crippen LogP contribution is -2.17. The van der Waals surface area contributed by atoms with Crippen molar-refractivity contribution >= 4 is 11.9 Å². The van der Waals surface area contributed by atoms with E-state index < -0.39 is 5.97 Å². The molecule has 0 aliphatic rings. The molecule has 0 bridgehead atoms. The molecule has 0 radical (unpaired) electrons. The molecule has 0 unspecified atom stereocenters. The zero-order valence-electron chi connectivity index (χ0n) is 10.1. The third-order valence-corrected chi connectivity index (χ3v) is 2.40. The van der Waals surface area contributed by atoms with Gasteiger partial charge in [-0.15, -0.1) is 0 Å². The number of nitrogens with zero attached hydrogens (tertiary/aromatic N) is 1. The molecule has 0 atom stereocenters. The summed E-state index contributed by atoms with van der Waals surface area (Å²) in [5, 5.41) is 11.9. The number of unbranched alkanes of at least 4 members (excludes halogenated alkanes) is 1. The summed E-state index contributed by atoms with van der Waals surface area (Å²) in [6.07, 6.45) is 3.39. The number of aromatic carboxylic acids is 1. The number of primary amides is 1. The van der Waals surface area contributed by atoms with E-state index in [0.717, 1.165) is 25.1 Å². The van der Waals surface area contributed by atoms with Crippen molar-refractivity contribution < 1.29 is 14.7 Å². The molecule has 0 aliphatic heterocycles. The molecule has 0 aliphatic carbocycles. The van der Waals surface area contributed by atoms with E-state index in [0.29, 0.717) is 13.0 Å². The van der Waals surface area contributed by atoms with E-state index in [2.05, 4.69) is 10.3 Å². The molecule has 1 heterocycles. The van der Waals surface area contributed by atoms with Crippen molar-refractivity contribution in [3.05, 3.63) is 29.6 Å². The summed E-state index contributed by atoms with van der Waals surface area (Å²) in [4.78, 5) is 25.1. The minimum absolute atomic E-state index is 0.181. The molecule has 0 fully saturated rings. The minimum atomic E-state index is -0.978. The Hall–Kier alpha value is -1.95. The lowest BCUT2D eigenvalue weighted by atomic mass is 10.2. The molecule has 98 valence electrons. The second-order valence-corrected chi connectivity index (χ2v) is 3.94. The first-order chi connectivity index (χ1) is 8.59. The van der Waals surface area contributed by atoms with Crippen LogP contribution in [-0.2, 0) is 11.3 Å². The topological polar surface area (TPSA) is 105 Å². The Bertz CT molecular complexity index is 404. The van der Waals surface area contributed by atoms with Crippen molar-refractivity contribution in [1.82, 2.24) is 10.3 Å². The maximum absolute atomic E-state index is 10.6. The van der Waals surface area contributed by atoms with Crippen LogP contribution in [0.25, 0.3) is 0 Å². The fourth-order valence-electron chi connectivity index (χ4n) is 1.42. The van der Waals surface area contributed by atoms with E-state index in [9.17, 15) is 9.59 Å². The zero-order chi connectivity index (χ0) is 13.4. The Morgan fingerprint density at radius 1 is 1.33 bits per heavy atom. The number of carboxylic acids is 1. The second-order valence-electron chi connectivity index (χ2n) is 3.94. The Kier molecular flexibility index (Phi) is 5.79. The Morgan fingerprint density at radius 3 is 2.67 bits per heavy atom. The van der Waals surface area contributed by atoms with Gasteiger partial charge in [0.1, 0.15) is 0 Å². The average Bonchev–Trinajstić information content (AvgIpc) is 2.34. The van der Waals surface area contributed by atoms with E-state index in [4.69, 9.17) is 10.8 Å². The van der Waals surface area contributed by atoms with Crippen molar-refractivity contribution in [2.24, 2.45) is 5.73 Å². The van der Waals surface area contributed by atoms with Gasteiger partial charge in [0.05, 0.1) is 11.3 Å². The predicted molar refractivity (Wildman–Crippen MR) is 65.9 cm³/mol. The molecule has 4 N–H and O–H groups in total. The number of hydrogen-bond acceptors (Lipinski definition) is 4. The van der Waals surface area contributed by atoms with Crippen LogP contribution in [0.15, 0.2) is 18.3 Å². The zero-order valence-corrected chi connectivity index (χ0v) is 10.1. The monoisotopic (exact) mass is 251 g/mol. The van der Waals surface area contributed by atoms with Crippen molar-refractivity contribution in [3.63, 3.8) is 0 Å². The summed E-state index contributed by atoms with van der Waals surface area (Å²) in [7, 11) is 0. The van der Waals surface area contributed by atoms with Gasteiger partial charge in [0, 0.05) is 19.2 Å². The van der Waals surface area contributed by atoms with Gasteiger partial charge in [-0.05, 0) is 31.5 Å². The molecule has 6 nitrogen and oxygen atoms in total. The molecule has 0 saturated carbocycles. The SMILES string of the molecule is NC(=O)CCCCNCc1ccc(C(=O)O)cn1. The van der Waals surface area contributed by atoms with Gasteiger partial charge >= 0.3 is 5.97 Å². The van der Waals surface area contributed by atoms with E-state index in [-0.39, 0.29) is 11.5 Å². The maximum atomic E-state index is 10.6. The molecular weight excluding hydrogens is 234 g/mol. The first-order valence-corrected chi connectivity index (χ1v) is 5.77. The van der Waals surface area contributed by atoms with Crippen LogP contribution in [0.2, 0.25) is 0 Å². The normalized spacial score (nSPS) is 10.2. The van der Waals surface area contributed by atoms with Crippen LogP contribution in [-0.4, -0.2) is 28.5 Å². The van der Waals surface area contributed by atoms with Crippen molar-refractivity contribution in [2.75, 3.05) is 6.54 Å². The molecular formula is C12H17N3O3. The number of aromatic nitrogens is 1. The summed E-state index contributed by atoms with van der Waals surface area (Å²) in [6.45, 7) is 1.35. The average molecular weight is 251 g/mol. The van der Waals surface area contributed by atoms with Gasteiger partial charge in [0.25, 0.3) is 0 Å². The molecule has 1 rings (SSSR count). The number of rotatable bonds is 8. The molecule has 0 saturated heterocycles. The second kappa shape index (κ2) is 7.39. The number of carbonyl (C=O) groups is 2. The van der Waals surface area contributed by atoms with Crippen LogP contribution < -0.4 is 11.1 Å². The van der Waals surface area contributed by atoms with Crippen molar-refractivity contribution in [3.8, 4) is 0 Å². The van der Waals surface area contributed by atoms with Crippen LogP contribution in [0.3, 0.4) is 0 Å². The number of carboxylic acid groups (broad SMARTS) is 1. The van der Waals surface area contributed by atoms with Gasteiger partial charge in [-0.25, -0.2) is 4.79 Å². The molecule has 18 heavy (non-hydrogen) atoms. The fourth-order valence-corrected chi connectivity index (χ4v) is 1.42. The summed E-state index contributed by atoms with van der Waals surface area (Å²) < 4.78 is 0. The summed E-state index contributed by atoms with van der Waals surface area (Å²) in [5.41, 5.74) is 5.99. The Labute approximate surface area is 105 Å². The number of amides is 1. The highest BCUT2D eigenvalue weighted by molar-refractivity contribution is 5.87. The molecule has 1 aromatic rings. The quantitative estimate of drug-likeness (QED) is 0.584. The van der Waals surface area contributed by atoms with E-state index in [1.54, 1.807) is 6.07 Å². The van der Waals surface area contributed by atoms with Crippen molar-refractivity contribution in [2.45, 2.75) is 25.8 Å². The summed E-state index contributed by atoms with van der Waals surface area (Å²) >= 11 is 0. The molecule has 0 aromatic carbocycles. The molecule has 6 heteroatoms. The molecule has 0 spiro atoms. The molecule has 1 amide bonds. The van der Waals surface area contributed by atoms with Crippen LogP contribution in [0, 0.1) is 0 Å². The Balaban J connectivity index is 2.19. The fraction of sp³-hybridized carbons (Fsp3) is 0.417. The lowest BCUT2D eigenvalue weighted by Gasteiger charge is -2.04. The third kappa shape index (κ3) is 5.40. The highest BCUT2D eigenvalue weighted by atomic mass is 16.4. The molecule has 1 aromatic heterocycles. The van der Waals surface area contributed by atoms with Gasteiger partial charge in [-0.3, -0.25) is 9.78 Å². The standard InChI is InChI=1S/C12H17N3O3/c13-11(16)3-1-2-6-14-8-10-5-4-9(7-15-10)12(17)18/h4-5,7,14H,1-3,6,8H2,(H2,13,16)(H,17,18). The number of pyridine rings is 1. The highest BCUT2D eigenvalue weighted by Gasteiger charge is 2.02. The number of carbonyl (C=O) groups excluding carboxylic acids is 1. The Morgan fingerprint density at radius 2 is 2.11 bits per heavy atom. The van der Waals surface area contributed by atoms with E-state index >= 15 is 0 Å². The third-order valence-electron chi connectivity index (χ3n) is 2.40. The number of nitrogens with two attached hydrogens (primary N) is 1. The first kappa shape index (κ1) is 14.1. The summed E-state index contributed by atoms with van der Waals surface area (Å²) in [6, 6.07) is 3.21. The lowest BCUT2D eigenvalue weighted by molar-refractivity contribution is -0.118. The van der Waals surface area contributed by atoms with Gasteiger partial charge < -0.3 is 16.2 Å². The van der Waals surface area contributed by atoms with Crippen LogP contribution in [0.1, 0.15) is 35.3 Å². The van der Waals surface area contributed by atoms with Crippen molar-refractivity contribution in [1.29, 1.82) is 0 Å². The van der Waals surface area contributed by atoms with Gasteiger partial charge in [-0.1, -0.05) is 0 Å². The summed E-state index contributed by atoms with van der Waals surface area (Å²) in [5.74, 6) is -1.26. The first-order valence-electron chi connectivity index (χ1n) is 5.77. The van der Waals surface area contributed by atoms with E-state index in [1.165, 1.54) is 12.3 Å². The van der Waals surface area contributed by atoms with Crippen LogP contribution in [0.4, 0.5) is 0 Å². The van der Waals surface area contributed by atoms with Gasteiger partial charge in [0.15, 0.2) is 0 Å². The van der Waals surface area contributed by atoms with Crippen LogP contribution in [0.5, 0.6) is 0 Å².